The summed E-state index contributed by atoms with van der Waals surface area (Å²) in [5.74, 6) is 1.09. The normalized spacial score (nSPS) is 16.4. The molecule has 7 heteroatoms. The van der Waals surface area contributed by atoms with E-state index < -0.39 is 0 Å². The summed E-state index contributed by atoms with van der Waals surface area (Å²) in [4.78, 5) is 29.8. The fourth-order valence-electron chi connectivity index (χ4n) is 4.09. The van der Waals surface area contributed by atoms with Crippen LogP contribution in [0.25, 0.3) is 21.3 Å². The van der Waals surface area contributed by atoms with Crippen LogP contribution in [0.4, 0.5) is 0 Å². The third kappa shape index (κ3) is 3.82. The van der Waals surface area contributed by atoms with E-state index >= 15 is 0 Å². The number of amides is 1. The van der Waals surface area contributed by atoms with Crippen LogP contribution < -0.4 is 0 Å². The lowest BCUT2D eigenvalue weighted by molar-refractivity contribution is -0.133. The number of fused-ring (bicyclic) bond motifs is 2. The van der Waals surface area contributed by atoms with Gasteiger partial charge in [-0.25, -0.2) is 9.97 Å². The number of hydrogen-bond acceptors (Lipinski definition) is 5. The molecule has 30 heavy (non-hydrogen) atoms. The first-order chi connectivity index (χ1) is 14.7. The summed E-state index contributed by atoms with van der Waals surface area (Å²) in [5, 5.41) is 1.15. The van der Waals surface area contributed by atoms with E-state index in [-0.39, 0.29) is 11.9 Å². The van der Waals surface area contributed by atoms with Gasteiger partial charge in [0.2, 0.25) is 5.91 Å². The lowest BCUT2D eigenvalue weighted by atomic mass is 10.2. The Bertz CT molecular complexity index is 1110. The maximum atomic E-state index is 12.7. The summed E-state index contributed by atoms with van der Waals surface area (Å²) in [5.41, 5.74) is 3.05. The number of para-hydroxylation sites is 3. The molecule has 4 aromatic rings. The average molecular weight is 420 g/mol. The van der Waals surface area contributed by atoms with E-state index in [2.05, 4.69) is 40.0 Å². The van der Waals surface area contributed by atoms with Crippen LogP contribution in [-0.2, 0) is 11.2 Å². The van der Waals surface area contributed by atoms with E-state index in [4.69, 9.17) is 4.98 Å². The van der Waals surface area contributed by atoms with Crippen molar-refractivity contribution in [1.82, 2.24) is 24.8 Å². The number of carbonyl (C=O) groups excluding carboxylic acids is 1. The Kier molecular flexibility index (Phi) is 5.23. The maximum absolute atomic E-state index is 12.7. The number of aromatic nitrogens is 3. The minimum Gasteiger partial charge on any atom is -0.342 e. The van der Waals surface area contributed by atoms with E-state index in [9.17, 15) is 4.79 Å². The van der Waals surface area contributed by atoms with E-state index in [1.165, 1.54) is 4.70 Å². The number of nitrogens with one attached hydrogen (secondary N) is 1. The molecule has 2 aromatic heterocycles. The van der Waals surface area contributed by atoms with Crippen molar-refractivity contribution in [2.45, 2.75) is 25.8 Å². The minimum absolute atomic E-state index is 0.211. The standard InChI is InChI=1S/C23H25N5OS/c1-16(23-26-19-8-4-5-9-20(19)30-23)27-12-14-28(15-13-27)22(29)11-10-21-24-17-6-2-3-7-18(17)25-21/h2-9,16H,10-15H2,1H3,(H,24,25). The quantitative estimate of drug-likeness (QED) is 0.531. The molecule has 1 N–H and O–H groups in total. The Hall–Kier alpha value is -2.77. The summed E-state index contributed by atoms with van der Waals surface area (Å²) < 4.78 is 1.23. The topological polar surface area (TPSA) is 65.1 Å². The molecule has 0 saturated carbocycles. The van der Waals surface area contributed by atoms with Gasteiger partial charge in [0, 0.05) is 39.0 Å². The van der Waals surface area contributed by atoms with E-state index in [0.29, 0.717) is 12.8 Å². The number of carbonyl (C=O) groups is 1. The van der Waals surface area contributed by atoms with Gasteiger partial charge in [-0.15, -0.1) is 11.3 Å². The third-order valence-electron chi connectivity index (χ3n) is 5.90. The second kappa shape index (κ2) is 8.16. The average Bonchev–Trinajstić information content (AvgIpc) is 3.40. The highest BCUT2D eigenvalue weighted by Gasteiger charge is 2.26. The molecular formula is C23H25N5OS. The highest BCUT2D eigenvalue weighted by Crippen LogP contribution is 2.30. The molecule has 3 heterocycles. The molecule has 1 unspecified atom stereocenters. The number of thiazole rings is 1. The zero-order valence-electron chi connectivity index (χ0n) is 17.0. The fourth-order valence-corrected chi connectivity index (χ4v) is 5.14. The van der Waals surface area contributed by atoms with Gasteiger partial charge in [-0.2, -0.15) is 0 Å². The van der Waals surface area contributed by atoms with E-state index in [0.717, 1.165) is 53.6 Å². The van der Waals surface area contributed by atoms with Gasteiger partial charge in [-0.3, -0.25) is 9.69 Å². The molecule has 5 rings (SSSR count). The van der Waals surface area contributed by atoms with Gasteiger partial charge < -0.3 is 9.88 Å². The molecule has 1 aliphatic heterocycles. The lowest BCUT2D eigenvalue weighted by Crippen LogP contribution is -2.49. The van der Waals surface area contributed by atoms with Crippen LogP contribution >= 0.6 is 11.3 Å². The van der Waals surface area contributed by atoms with Crippen molar-refractivity contribution in [3.8, 4) is 0 Å². The highest BCUT2D eigenvalue weighted by molar-refractivity contribution is 7.18. The maximum Gasteiger partial charge on any atom is 0.223 e. The van der Waals surface area contributed by atoms with Gasteiger partial charge >= 0.3 is 0 Å². The number of imidazole rings is 1. The first-order valence-electron chi connectivity index (χ1n) is 10.5. The molecule has 1 aliphatic rings. The number of aryl methyl sites for hydroxylation is 1. The number of hydrogen-bond donors (Lipinski definition) is 1. The van der Waals surface area contributed by atoms with Crippen molar-refractivity contribution >= 4 is 38.5 Å². The molecule has 0 spiro atoms. The summed E-state index contributed by atoms with van der Waals surface area (Å²) >= 11 is 1.77. The number of aromatic amines is 1. The molecule has 0 bridgehead atoms. The Morgan fingerprint density at radius 2 is 1.77 bits per heavy atom. The zero-order chi connectivity index (χ0) is 20.5. The second-order valence-electron chi connectivity index (χ2n) is 7.81. The van der Waals surface area contributed by atoms with Crippen LogP contribution in [0.1, 0.15) is 30.2 Å². The largest absolute Gasteiger partial charge is 0.342 e. The zero-order valence-corrected chi connectivity index (χ0v) is 17.9. The van der Waals surface area contributed by atoms with Gasteiger partial charge in [0.25, 0.3) is 0 Å². The first kappa shape index (κ1) is 19.2. The molecule has 2 aromatic carbocycles. The van der Waals surface area contributed by atoms with Gasteiger partial charge in [0.1, 0.15) is 10.8 Å². The smallest absolute Gasteiger partial charge is 0.223 e. The Morgan fingerprint density at radius 1 is 1.03 bits per heavy atom. The minimum atomic E-state index is 0.211. The molecule has 1 amide bonds. The number of H-pyrrole nitrogens is 1. The van der Waals surface area contributed by atoms with Crippen molar-refractivity contribution < 1.29 is 4.79 Å². The van der Waals surface area contributed by atoms with E-state index in [1.807, 2.05) is 35.2 Å². The lowest BCUT2D eigenvalue weighted by Gasteiger charge is -2.37. The van der Waals surface area contributed by atoms with Gasteiger partial charge in [-0.05, 0) is 31.2 Å². The van der Waals surface area contributed by atoms with Crippen molar-refractivity contribution in [1.29, 1.82) is 0 Å². The van der Waals surface area contributed by atoms with Gasteiger partial charge in [0.05, 0.1) is 27.3 Å². The predicted molar refractivity (Wildman–Crippen MR) is 121 cm³/mol. The first-order valence-corrected chi connectivity index (χ1v) is 11.3. The van der Waals surface area contributed by atoms with Crippen LogP contribution in [0.5, 0.6) is 0 Å². The van der Waals surface area contributed by atoms with Crippen LogP contribution in [0.3, 0.4) is 0 Å². The van der Waals surface area contributed by atoms with Crippen molar-refractivity contribution in [2.75, 3.05) is 26.2 Å². The van der Waals surface area contributed by atoms with Crippen molar-refractivity contribution in [2.24, 2.45) is 0 Å². The Balaban J connectivity index is 1.15. The molecule has 154 valence electrons. The van der Waals surface area contributed by atoms with Crippen molar-refractivity contribution in [3.63, 3.8) is 0 Å². The number of benzene rings is 2. The monoisotopic (exact) mass is 419 g/mol. The third-order valence-corrected chi connectivity index (χ3v) is 7.10. The van der Waals surface area contributed by atoms with Gasteiger partial charge in [0.15, 0.2) is 0 Å². The summed E-state index contributed by atoms with van der Waals surface area (Å²) in [6.45, 7) is 5.53. The SMILES string of the molecule is CC(c1nc2ccccc2s1)N1CCN(C(=O)CCc2nc3ccccc3[nH]2)CC1. The summed E-state index contributed by atoms with van der Waals surface area (Å²) in [6, 6.07) is 16.5. The van der Waals surface area contributed by atoms with Crippen LogP contribution in [-0.4, -0.2) is 56.8 Å². The predicted octanol–water partition coefficient (Wildman–Crippen LogP) is 4.01. The molecule has 1 saturated heterocycles. The molecule has 6 nitrogen and oxygen atoms in total. The highest BCUT2D eigenvalue weighted by atomic mass is 32.1. The second-order valence-corrected chi connectivity index (χ2v) is 8.88. The summed E-state index contributed by atoms with van der Waals surface area (Å²) in [7, 11) is 0. The molecule has 1 fully saturated rings. The molecule has 0 aliphatic carbocycles. The fraction of sp³-hybridized carbons (Fsp3) is 0.348. The Labute approximate surface area is 179 Å². The van der Waals surface area contributed by atoms with Crippen LogP contribution in [0.15, 0.2) is 48.5 Å². The molecule has 0 radical (unpaired) electrons. The summed E-state index contributed by atoms with van der Waals surface area (Å²) in [6.07, 6.45) is 1.14. The molecule has 1 atom stereocenters. The number of piperazine rings is 1. The van der Waals surface area contributed by atoms with Crippen molar-refractivity contribution in [3.05, 3.63) is 59.4 Å². The van der Waals surface area contributed by atoms with Gasteiger partial charge in [-0.1, -0.05) is 24.3 Å². The molecular weight excluding hydrogens is 394 g/mol. The number of nitrogens with zero attached hydrogens (tertiary/aromatic N) is 4. The van der Waals surface area contributed by atoms with Crippen LogP contribution in [0.2, 0.25) is 0 Å². The van der Waals surface area contributed by atoms with E-state index in [1.54, 1.807) is 11.3 Å². The van der Waals surface area contributed by atoms with Crippen LogP contribution in [0, 0.1) is 0 Å². The Morgan fingerprint density at radius 3 is 2.53 bits per heavy atom. The number of rotatable bonds is 5.